The van der Waals surface area contributed by atoms with E-state index < -0.39 is 17.6 Å². The molecule has 3 aliphatic rings. The van der Waals surface area contributed by atoms with Crippen LogP contribution in [-0.2, 0) is 9.59 Å². The monoisotopic (exact) mass is 322 g/mol. The third-order valence-corrected chi connectivity index (χ3v) is 5.60. The van der Waals surface area contributed by atoms with E-state index in [1.807, 2.05) is 0 Å². The summed E-state index contributed by atoms with van der Waals surface area (Å²) >= 11 is 0. The lowest BCUT2D eigenvalue weighted by atomic mass is 9.97. The highest BCUT2D eigenvalue weighted by Gasteiger charge is 2.54. The van der Waals surface area contributed by atoms with Crippen molar-refractivity contribution in [3.8, 4) is 0 Å². The molecule has 3 fully saturated rings. The van der Waals surface area contributed by atoms with Crippen LogP contribution >= 0.6 is 0 Å². The van der Waals surface area contributed by atoms with Crippen molar-refractivity contribution in [3.63, 3.8) is 0 Å². The van der Waals surface area contributed by atoms with Crippen LogP contribution in [0.2, 0.25) is 0 Å². The number of rotatable bonds is 3. The summed E-state index contributed by atoms with van der Waals surface area (Å²) in [6.07, 6.45) is 5.05. The van der Waals surface area contributed by atoms with E-state index in [0.29, 0.717) is 12.8 Å². The highest BCUT2D eigenvalue weighted by atomic mass is 16.2. The first-order valence-corrected chi connectivity index (χ1v) is 8.59. The van der Waals surface area contributed by atoms with Gasteiger partial charge in [0.2, 0.25) is 5.91 Å². The van der Waals surface area contributed by atoms with Crippen LogP contribution in [0.25, 0.3) is 0 Å². The maximum atomic E-state index is 12.8. The van der Waals surface area contributed by atoms with Gasteiger partial charge in [0.05, 0.1) is 0 Å². The summed E-state index contributed by atoms with van der Waals surface area (Å²) in [5.41, 5.74) is -0.751. The van der Waals surface area contributed by atoms with Crippen LogP contribution in [0.4, 0.5) is 4.79 Å². The Morgan fingerprint density at radius 2 is 1.87 bits per heavy atom. The number of hydrogen-bond donors (Lipinski definition) is 2. The highest BCUT2D eigenvalue weighted by Crippen LogP contribution is 2.36. The molecule has 7 nitrogen and oxygen atoms in total. The minimum atomic E-state index is -0.751. The molecule has 1 unspecified atom stereocenters. The Morgan fingerprint density at radius 3 is 2.48 bits per heavy atom. The number of urea groups is 1. The second kappa shape index (κ2) is 6.11. The first-order chi connectivity index (χ1) is 11.0. The molecule has 0 radical (unpaired) electrons. The zero-order valence-electron chi connectivity index (χ0n) is 13.9. The molecule has 2 saturated heterocycles. The summed E-state index contributed by atoms with van der Waals surface area (Å²) in [4.78, 5) is 40.7. The van der Waals surface area contributed by atoms with E-state index in [9.17, 15) is 14.4 Å². The van der Waals surface area contributed by atoms with E-state index in [-0.39, 0.29) is 17.9 Å². The van der Waals surface area contributed by atoms with Crippen LogP contribution in [-0.4, -0.2) is 65.4 Å². The predicted molar refractivity (Wildman–Crippen MR) is 84.7 cm³/mol. The van der Waals surface area contributed by atoms with Crippen LogP contribution in [0.3, 0.4) is 0 Å². The van der Waals surface area contributed by atoms with Gasteiger partial charge in [0, 0.05) is 13.1 Å². The third kappa shape index (κ3) is 2.71. The molecule has 1 atom stereocenters. The Labute approximate surface area is 136 Å². The molecule has 1 saturated carbocycles. The van der Waals surface area contributed by atoms with Crippen molar-refractivity contribution < 1.29 is 14.4 Å². The van der Waals surface area contributed by atoms with E-state index in [2.05, 4.69) is 10.6 Å². The van der Waals surface area contributed by atoms with Gasteiger partial charge in [-0.05, 0) is 45.7 Å². The van der Waals surface area contributed by atoms with E-state index in [1.54, 1.807) is 18.9 Å². The molecule has 2 heterocycles. The van der Waals surface area contributed by atoms with Crippen LogP contribution in [0.15, 0.2) is 0 Å². The largest absolute Gasteiger partial charge is 0.341 e. The van der Waals surface area contributed by atoms with Gasteiger partial charge in [-0.3, -0.25) is 9.59 Å². The fourth-order valence-electron chi connectivity index (χ4n) is 4.09. The summed E-state index contributed by atoms with van der Waals surface area (Å²) in [5.74, 6) is -0.380. The number of imide groups is 1. The molecule has 0 aromatic carbocycles. The first-order valence-electron chi connectivity index (χ1n) is 8.59. The predicted octanol–water partition coefficient (Wildman–Crippen LogP) is 0.450. The van der Waals surface area contributed by atoms with Crippen molar-refractivity contribution in [1.29, 1.82) is 0 Å². The van der Waals surface area contributed by atoms with Gasteiger partial charge in [-0.2, -0.15) is 0 Å². The molecule has 0 aromatic heterocycles. The SMILES string of the molecule is CC(C(=O)N(C)C1CCNCC1)N1C(=O)NC2(CCCC2)C1=O. The van der Waals surface area contributed by atoms with Gasteiger partial charge in [-0.15, -0.1) is 0 Å². The lowest BCUT2D eigenvalue weighted by molar-refractivity contribution is -0.143. The number of hydrogen-bond acceptors (Lipinski definition) is 4. The lowest BCUT2D eigenvalue weighted by Crippen LogP contribution is -2.53. The average Bonchev–Trinajstić information content (AvgIpc) is 3.12. The Bertz CT molecular complexity index is 509. The molecular formula is C16H26N4O3. The quantitative estimate of drug-likeness (QED) is 0.739. The van der Waals surface area contributed by atoms with Gasteiger partial charge in [0.1, 0.15) is 11.6 Å². The Kier molecular flexibility index (Phi) is 4.31. The van der Waals surface area contributed by atoms with Gasteiger partial charge < -0.3 is 15.5 Å². The second-order valence-electron chi connectivity index (χ2n) is 7.00. The maximum Gasteiger partial charge on any atom is 0.325 e. The molecule has 0 aromatic rings. The molecule has 1 aliphatic carbocycles. The van der Waals surface area contributed by atoms with Crippen LogP contribution in [0.1, 0.15) is 45.4 Å². The second-order valence-corrected chi connectivity index (χ2v) is 7.00. The van der Waals surface area contributed by atoms with Crippen LogP contribution in [0.5, 0.6) is 0 Å². The number of amides is 4. The van der Waals surface area contributed by atoms with Crippen molar-refractivity contribution >= 4 is 17.8 Å². The highest BCUT2D eigenvalue weighted by molar-refractivity contribution is 6.09. The van der Waals surface area contributed by atoms with Gasteiger partial charge in [-0.1, -0.05) is 12.8 Å². The number of piperidine rings is 1. The third-order valence-electron chi connectivity index (χ3n) is 5.60. The molecule has 23 heavy (non-hydrogen) atoms. The lowest BCUT2D eigenvalue weighted by Gasteiger charge is -2.34. The van der Waals surface area contributed by atoms with Crippen molar-refractivity contribution in [2.75, 3.05) is 20.1 Å². The Balaban J connectivity index is 1.71. The molecule has 3 rings (SSSR count). The minimum Gasteiger partial charge on any atom is -0.341 e. The molecule has 0 bridgehead atoms. The summed E-state index contributed by atoms with van der Waals surface area (Å²) in [5, 5.41) is 6.11. The molecular weight excluding hydrogens is 296 g/mol. The van der Waals surface area contributed by atoms with Gasteiger partial charge in [0.25, 0.3) is 5.91 Å². The van der Waals surface area contributed by atoms with Crippen LogP contribution in [0, 0.1) is 0 Å². The van der Waals surface area contributed by atoms with E-state index in [4.69, 9.17) is 0 Å². The first kappa shape index (κ1) is 16.2. The summed E-state index contributed by atoms with van der Waals surface area (Å²) < 4.78 is 0. The molecule has 128 valence electrons. The normalized spacial score (nSPS) is 25.7. The fraction of sp³-hybridized carbons (Fsp3) is 0.812. The van der Waals surface area contributed by atoms with E-state index in [0.717, 1.165) is 43.7 Å². The summed E-state index contributed by atoms with van der Waals surface area (Å²) in [6, 6.07) is -0.994. The van der Waals surface area contributed by atoms with Gasteiger partial charge in [0.15, 0.2) is 0 Å². The number of likely N-dealkylation sites (N-methyl/N-ethyl adjacent to an activating group) is 1. The molecule has 2 aliphatic heterocycles. The topological polar surface area (TPSA) is 81.8 Å². The van der Waals surface area contributed by atoms with E-state index >= 15 is 0 Å². The van der Waals surface area contributed by atoms with Gasteiger partial charge >= 0.3 is 6.03 Å². The Morgan fingerprint density at radius 1 is 1.26 bits per heavy atom. The molecule has 7 heteroatoms. The smallest absolute Gasteiger partial charge is 0.325 e. The molecule has 4 amide bonds. The minimum absolute atomic E-state index is 0.157. The summed E-state index contributed by atoms with van der Waals surface area (Å²) in [6.45, 7) is 3.44. The Hall–Kier alpha value is -1.63. The van der Waals surface area contributed by atoms with Gasteiger partial charge in [-0.25, -0.2) is 9.69 Å². The number of carbonyl (C=O) groups is 3. The average molecular weight is 322 g/mol. The molecule has 2 N–H and O–H groups in total. The zero-order chi connectivity index (χ0) is 16.6. The van der Waals surface area contributed by atoms with Crippen molar-refractivity contribution in [1.82, 2.24) is 20.4 Å². The maximum absolute atomic E-state index is 12.8. The summed E-state index contributed by atoms with van der Waals surface area (Å²) in [7, 11) is 1.78. The number of nitrogens with one attached hydrogen (secondary N) is 2. The number of carbonyl (C=O) groups excluding carboxylic acids is 3. The van der Waals surface area contributed by atoms with E-state index in [1.165, 1.54) is 0 Å². The van der Waals surface area contributed by atoms with Crippen molar-refractivity contribution in [3.05, 3.63) is 0 Å². The van der Waals surface area contributed by atoms with Crippen LogP contribution < -0.4 is 10.6 Å². The number of nitrogens with zero attached hydrogens (tertiary/aromatic N) is 2. The van der Waals surface area contributed by atoms with Crippen molar-refractivity contribution in [2.24, 2.45) is 0 Å². The van der Waals surface area contributed by atoms with Crippen molar-refractivity contribution in [2.45, 2.75) is 63.1 Å². The molecule has 1 spiro atoms. The standard InChI is InChI=1S/C16H26N4O3/c1-11(13(21)19(2)12-5-9-17-10-6-12)20-14(22)16(18-15(20)23)7-3-4-8-16/h11-12,17H,3-10H2,1-2H3,(H,18,23). The zero-order valence-corrected chi connectivity index (χ0v) is 13.9. The fourth-order valence-corrected chi connectivity index (χ4v) is 4.09.